The van der Waals surface area contributed by atoms with E-state index in [0.29, 0.717) is 5.69 Å². The lowest BCUT2D eigenvalue weighted by molar-refractivity contribution is -0.384. The van der Waals surface area contributed by atoms with E-state index in [1.54, 1.807) is 24.1 Å². The van der Waals surface area contributed by atoms with E-state index >= 15 is 0 Å². The van der Waals surface area contributed by atoms with E-state index in [2.05, 4.69) is 0 Å². The first-order chi connectivity index (χ1) is 7.91. The first-order valence-corrected chi connectivity index (χ1v) is 5.10. The third-order valence-electron chi connectivity index (χ3n) is 2.40. The molecule has 0 spiro atoms. The molecule has 1 aromatic rings. The van der Waals surface area contributed by atoms with Crippen LogP contribution in [0.25, 0.3) is 0 Å². The zero-order chi connectivity index (χ0) is 13.0. The summed E-state index contributed by atoms with van der Waals surface area (Å²) >= 11 is 0. The molecule has 0 aliphatic carbocycles. The average Bonchev–Trinajstić information content (AvgIpc) is 2.25. The van der Waals surface area contributed by atoms with E-state index in [-0.39, 0.29) is 18.7 Å². The topological polar surface area (TPSA) is 83.7 Å². The number of anilines is 1. The molecule has 0 unspecified atom stereocenters. The highest BCUT2D eigenvalue weighted by Crippen LogP contribution is 2.28. The van der Waals surface area contributed by atoms with Crippen LogP contribution in [0.5, 0.6) is 0 Å². The number of hydrogen-bond acceptors (Lipinski definition) is 4. The molecule has 0 amide bonds. The quantitative estimate of drug-likeness (QED) is 0.624. The molecule has 0 radical (unpaired) electrons. The Morgan fingerprint density at radius 1 is 1.53 bits per heavy atom. The third-order valence-corrected chi connectivity index (χ3v) is 2.40. The molecule has 0 heterocycles. The van der Waals surface area contributed by atoms with Crippen LogP contribution in [-0.4, -0.2) is 29.6 Å². The molecule has 0 aliphatic rings. The number of aliphatic carboxylic acids is 1. The van der Waals surface area contributed by atoms with Gasteiger partial charge in [-0.1, -0.05) is 6.07 Å². The zero-order valence-corrected chi connectivity index (χ0v) is 9.71. The van der Waals surface area contributed by atoms with Crippen LogP contribution in [0.15, 0.2) is 18.2 Å². The van der Waals surface area contributed by atoms with Gasteiger partial charge in [0.25, 0.3) is 5.69 Å². The Bertz CT molecular complexity index is 445. The summed E-state index contributed by atoms with van der Waals surface area (Å²) in [6.45, 7) is 2.07. The molecule has 6 heteroatoms. The minimum absolute atomic E-state index is 0.0107. The van der Waals surface area contributed by atoms with Crippen LogP contribution in [0.1, 0.15) is 12.0 Å². The maximum atomic E-state index is 10.8. The van der Waals surface area contributed by atoms with E-state index in [1.165, 1.54) is 6.07 Å². The van der Waals surface area contributed by atoms with Crippen molar-refractivity contribution in [3.8, 4) is 0 Å². The smallest absolute Gasteiger partial charge is 0.305 e. The number of rotatable bonds is 5. The summed E-state index contributed by atoms with van der Waals surface area (Å²) in [5, 5.41) is 19.4. The number of carbonyl (C=O) groups is 1. The summed E-state index contributed by atoms with van der Waals surface area (Å²) in [6.07, 6.45) is -0.0540. The summed E-state index contributed by atoms with van der Waals surface area (Å²) in [5.74, 6) is -0.924. The predicted octanol–water partition coefficient (Wildman–Crippen LogP) is 1.81. The van der Waals surface area contributed by atoms with Gasteiger partial charge in [-0.15, -0.1) is 0 Å². The number of nitro groups is 1. The largest absolute Gasteiger partial charge is 0.481 e. The van der Waals surface area contributed by atoms with Crippen LogP contribution >= 0.6 is 0 Å². The van der Waals surface area contributed by atoms with Gasteiger partial charge >= 0.3 is 5.97 Å². The van der Waals surface area contributed by atoms with Crippen molar-refractivity contribution in [2.24, 2.45) is 0 Å². The highest BCUT2D eigenvalue weighted by molar-refractivity contribution is 5.69. The fourth-order valence-electron chi connectivity index (χ4n) is 1.48. The molecule has 92 valence electrons. The normalized spacial score (nSPS) is 10.0. The van der Waals surface area contributed by atoms with Gasteiger partial charge < -0.3 is 10.0 Å². The molecule has 0 aromatic heterocycles. The molecule has 0 fully saturated rings. The van der Waals surface area contributed by atoms with Crippen molar-refractivity contribution in [1.29, 1.82) is 0 Å². The fraction of sp³-hybridized carbons (Fsp3) is 0.364. The summed E-state index contributed by atoms with van der Waals surface area (Å²) in [4.78, 5) is 22.4. The molecule has 0 atom stereocenters. The highest BCUT2D eigenvalue weighted by atomic mass is 16.6. The van der Waals surface area contributed by atoms with Crippen molar-refractivity contribution in [3.63, 3.8) is 0 Å². The summed E-state index contributed by atoms with van der Waals surface area (Å²) in [5.41, 5.74) is 1.33. The number of aryl methyl sites for hydroxylation is 1. The Morgan fingerprint density at radius 3 is 2.71 bits per heavy atom. The van der Waals surface area contributed by atoms with Crippen molar-refractivity contribution in [1.82, 2.24) is 0 Å². The van der Waals surface area contributed by atoms with Crippen LogP contribution < -0.4 is 4.90 Å². The number of carboxylic acids is 1. The van der Waals surface area contributed by atoms with Gasteiger partial charge in [0.1, 0.15) is 5.69 Å². The molecule has 1 rings (SSSR count). The van der Waals surface area contributed by atoms with Gasteiger partial charge in [-0.2, -0.15) is 0 Å². The number of benzene rings is 1. The Labute approximate surface area is 98.6 Å². The van der Waals surface area contributed by atoms with E-state index < -0.39 is 10.9 Å². The SMILES string of the molecule is Cc1ccc([N+](=O)[O-])c(N(C)CCC(=O)O)c1. The van der Waals surface area contributed by atoms with Crippen molar-refractivity contribution < 1.29 is 14.8 Å². The minimum atomic E-state index is -0.924. The number of carboxylic acid groups (broad SMARTS) is 1. The molecule has 1 aromatic carbocycles. The summed E-state index contributed by atoms with van der Waals surface area (Å²) in [6, 6.07) is 4.77. The molecule has 0 bridgehead atoms. The maximum Gasteiger partial charge on any atom is 0.305 e. The van der Waals surface area contributed by atoms with Gasteiger partial charge in [-0.3, -0.25) is 14.9 Å². The molecule has 1 N–H and O–H groups in total. The van der Waals surface area contributed by atoms with Crippen LogP contribution in [0.3, 0.4) is 0 Å². The van der Waals surface area contributed by atoms with Crippen LogP contribution in [0, 0.1) is 17.0 Å². The Hall–Kier alpha value is -2.11. The first-order valence-electron chi connectivity index (χ1n) is 5.10. The van der Waals surface area contributed by atoms with E-state index in [4.69, 9.17) is 5.11 Å². The van der Waals surface area contributed by atoms with Crippen LogP contribution in [-0.2, 0) is 4.79 Å². The first kappa shape index (κ1) is 13.0. The second-order valence-electron chi connectivity index (χ2n) is 3.81. The Kier molecular flexibility index (Phi) is 4.03. The fourth-order valence-corrected chi connectivity index (χ4v) is 1.48. The molecular weight excluding hydrogens is 224 g/mol. The summed E-state index contributed by atoms with van der Waals surface area (Å²) < 4.78 is 0. The number of nitro benzene ring substituents is 1. The van der Waals surface area contributed by atoms with Gasteiger partial charge in [0.15, 0.2) is 0 Å². The summed E-state index contributed by atoms with van der Waals surface area (Å²) in [7, 11) is 1.64. The van der Waals surface area contributed by atoms with Gasteiger partial charge in [0.2, 0.25) is 0 Å². The third kappa shape index (κ3) is 3.44. The minimum Gasteiger partial charge on any atom is -0.481 e. The standard InChI is InChI=1S/C11H14N2O4/c1-8-3-4-9(13(16)17)10(7-8)12(2)6-5-11(14)15/h3-4,7H,5-6H2,1-2H3,(H,14,15). The lowest BCUT2D eigenvalue weighted by atomic mass is 10.1. The second-order valence-corrected chi connectivity index (χ2v) is 3.81. The van der Waals surface area contributed by atoms with Crippen molar-refractivity contribution >= 4 is 17.3 Å². The lowest BCUT2D eigenvalue weighted by Gasteiger charge is -2.18. The Morgan fingerprint density at radius 2 is 2.18 bits per heavy atom. The molecule has 17 heavy (non-hydrogen) atoms. The van der Waals surface area contributed by atoms with Gasteiger partial charge in [0.05, 0.1) is 11.3 Å². The second kappa shape index (κ2) is 5.29. The number of nitrogens with zero attached hydrogens (tertiary/aromatic N) is 2. The zero-order valence-electron chi connectivity index (χ0n) is 9.71. The highest BCUT2D eigenvalue weighted by Gasteiger charge is 2.17. The van der Waals surface area contributed by atoms with Crippen molar-refractivity contribution in [2.75, 3.05) is 18.5 Å². The lowest BCUT2D eigenvalue weighted by Crippen LogP contribution is -2.22. The van der Waals surface area contributed by atoms with Gasteiger partial charge in [-0.25, -0.2) is 0 Å². The van der Waals surface area contributed by atoms with Crippen molar-refractivity contribution in [2.45, 2.75) is 13.3 Å². The van der Waals surface area contributed by atoms with Gasteiger partial charge in [-0.05, 0) is 18.6 Å². The molecule has 0 aliphatic heterocycles. The monoisotopic (exact) mass is 238 g/mol. The van der Waals surface area contributed by atoms with Crippen molar-refractivity contribution in [3.05, 3.63) is 33.9 Å². The van der Waals surface area contributed by atoms with Crippen LogP contribution in [0.2, 0.25) is 0 Å². The predicted molar refractivity (Wildman–Crippen MR) is 63.4 cm³/mol. The van der Waals surface area contributed by atoms with Gasteiger partial charge in [0, 0.05) is 19.7 Å². The van der Waals surface area contributed by atoms with Crippen LogP contribution in [0.4, 0.5) is 11.4 Å². The Balaban J connectivity index is 2.97. The maximum absolute atomic E-state index is 10.8. The number of hydrogen-bond donors (Lipinski definition) is 1. The van der Waals surface area contributed by atoms with E-state index in [1.807, 2.05) is 6.92 Å². The van der Waals surface area contributed by atoms with E-state index in [9.17, 15) is 14.9 Å². The average molecular weight is 238 g/mol. The molecule has 0 saturated carbocycles. The molecular formula is C11H14N2O4. The van der Waals surface area contributed by atoms with E-state index in [0.717, 1.165) is 5.56 Å². The molecule has 6 nitrogen and oxygen atoms in total. The molecule has 0 saturated heterocycles.